The van der Waals surface area contributed by atoms with E-state index in [4.69, 9.17) is 0 Å². The van der Waals surface area contributed by atoms with Crippen LogP contribution in [0.1, 0.15) is 12.8 Å². The molecule has 0 spiro atoms. The van der Waals surface area contributed by atoms with Crippen LogP contribution < -0.4 is 10.5 Å². The molecule has 1 aromatic heterocycles. The van der Waals surface area contributed by atoms with E-state index in [0.717, 1.165) is 19.4 Å². The molecule has 1 unspecified atom stereocenters. The molecule has 2 rings (SSSR count). The zero-order valence-electron chi connectivity index (χ0n) is 10.3. The first kappa shape index (κ1) is 13.3. The van der Waals surface area contributed by atoms with Gasteiger partial charge in [-0.1, -0.05) is 0 Å². The second-order valence-electron chi connectivity index (χ2n) is 4.45. The van der Waals surface area contributed by atoms with Crippen molar-refractivity contribution in [2.45, 2.75) is 18.9 Å². The topological polar surface area (TPSA) is 69.3 Å². The Balaban J connectivity index is 2.35. The molecule has 18 heavy (non-hydrogen) atoms. The number of H-pyrrole nitrogens is 1. The SMILES string of the molecule is CN(C)C(=O)C1CCCN1c1nc[nH]c(=O)c1I. The summed E-state index contributed by atoms with van der Waals surface area (Å²) in [6.07, 6.45) is 3.13. The van der Waals surface area contributed by atoms with Crippen molar-refractivity contribution in [2.24, 2.45) is 0 Å². The highest BCUT2D eigenvalue weighted by atomic mass is 127. The Morgan fingerprint density at radius 2 is 2.33 bits per heavy atom. The van der Waals surface area contributed by atoms with Gasteiger partial charge in [0.15, 0.2) is 0 Å². The predicted molar refractivity (Wildman–Crippen MR) is 76.6 cm³/mol. The van der Waals surface area contributed by atoms with Crippen molar-refractivity contribution in [1.29, 1.82) is 0 Å². The van der Waals surface area contributed by atoms with Gasteiger partial charge in [-0.3, -0.25) is 9.59 Å². The van der Waals surface area contributed by atoms with Crippen molar-refractivity contribution in [3.05, 3.63) is 20.3 Å². The Kier molecular flexibility index (Phi) is 3.88. The van der Waals surface area contributed by atoms with Gasteiger partial charge in [-0.15, -0.1) is 0 Å². The third kappa shape index (κ3) is 2.36. The number of amides is 1. The van der Waals surface area contributed by atoms with E-state index >= 15 is 0 Å². The molecule has 7 heteroatoms. The molecule has 1 N–H and O–H groups in total. The van der Waals surface area contributed by atoms with E-state index in [1.54, 1.807) is 19.0 Å². The fourth-order valence-electron chi connectivity index (χ4n) is 2.15. The first-order chi connectivity index (χ1) is 8.52. The van der Waals surface area contributed by atoms with Crippen molar-refractivity contribution < 1.29 is 4.79 Å². The van der Waals surface area contributed by atoms with Crippen LogP contribution in [-0.4, -0.2) is 47.5 Å². The minimum atomic E-state index is -0.206. The van der Waals surface area contributed by atoms with Gasteiger partial charge in [-0.2, -0.15) is 0 Å². The number of carbonyl (C=O) groups excluding carboxylic acids is 1. The molecule has 1 atom stereocenters. The minimum Gasteiger partial charge on any atom is -0.347 e. The second-order valence-corrected chi connectivity index (χ2v) is 5.53. The molecule has 0 saturated carbocycles. The summed E-state index contributed by atoms with van der Waals surface area (Å²) in [6.45, 7) is 0.761. The number of carbonyl (C=O) groups is 1. The van der Waals surface area contributed by atoms with Crippen molar-refractivity contribution in [1.82, 2.24) is 14.9 Å². The monoisotopic (exact) mass is 362 g/mol. The lowest BCUT2D eigenvalue weighted by Gasteiger charge is -2.27. The molecule has 0 radical (unpaired) electrons. The number of aromatic nitrogens is 2. The molecule has 0 aromatic carbocycles. The molecular weight excluding hydrogens is 347 g/mol. The van der Waals surface area contributed by atoms with E-state index in [1.165, 1.54) is 6.33 Å². The summed E-state index contributed by atoms with van der Waals surface area (Å²) < 4.78 is 0.536. The lowest BCUT2D eigenvalue weighted by atomic mass is 10.2. The molecular formula is C11H15IN4O2. The number of rotatable bonds is 2. The summed E-state index contributed by atoms with van der Waals surface area (Å²) in [4.78, 5) is 33.9. The molecule has 1 aromatic rings. The fourth-order valence-corrected chi connectivity index (χ4v) is 2.75. The largest absolute Gasteiger partial charge is 0.347 e. The number of aromatic amines is 1. The van der Waals surface area contributed by atoms with Crippen LogP contribution >= 0.6 is 22.6 Å². The Labute approximate surface area is 119 Å². The standard InChI is InChI=1S/C11H15IN4O2/c1-15(2)11(18)7-4-3-5-16(7)9-8(12)10(17)14-6-13-9/h6-7H,3-5H2,1-2H3,(H,13,14,17). The molecule has 0 aliphatic carbocycles. The van der Waals surface area contributed by atoms with Gasteiger partial charge in [0.05, 0.1) is 6.33 Å². The second kappa shape index (κ2) is 5.25. The van der Waals surface area contributed by atoms with E-state index in [0.29, 0.717) is 9.39 Å². The summed E-state index contributed by atoms with van der Waals surface area (Å²) in [5.41, 5.74) is -0.163. The van der Waals surface area contributed by atoms with Crippen LogP contribution in [0.4, 0.5) is 5.82 Å². The average Bonchev–Trinajstić information content (AvgIpc) is 2.80. The van der Waals surface area contributed by atoms with Crippen molar-refractivity contribution >= 4 is 34.3 Å². The molecule has 1 saturated heterocycles. The molecule has 0 bridgehead atoms. The normalized spacial score (nSPS) is 19.1. The predicted octanol–water partition coefficient (Wildman–Crippen LogP) is 0.431. The third-order valence-electron chi connectivity index (χ3n) is 3.03. The molecule has 1 aliphatic heterocycles. The summed E-state index contributed by atoms with van der Waals surface area (Å²) >= 11 is 1.97. The van der Waals surface area contributed by atoms with Gasteiger partial charge in [0.1, 0.15) is 15.4 Å². The molecule has 1 amide bonds. The van der Waals surface area contributed by atoms with Crippen LogP contribution in [-0.2, 0) is 4.79 Å². The zero-order chi connectivity index (χ0) is 13.3. The maximum atomic E-state index is 12.1. The van der Waals surface area contributed by atoms with Gasteiger partial charge in [0.2, 0.25) is 5.91 Å². The summed E-state index contributed by atoms with van der Waals surface area (Å²) in [6, 6.07) is -0.206. The average molecular weight is 362 g/mol. The highest BCUT2D eigenvalue weighted by Gasteiger charge is 2.33. The van der Waals surface area contributed by atoms with Crippen LogP contribution in [0.5, 0.6) is 0 Å². The van der Waals surface area contributed by atoms with Gasteiger partial charge in [0.25, 0.3) is 5.56 Å². The summed E-state index contributed by atoms with van der Waals surface area (Å²) in [7, 11) is 3.49. The number of halogens is 1. The highest BCUT2D eigenvalue weighted by molar-refractivity contribution is 14.1. The van der Waals surface area contributed by atoms with Crippen LogP contribution in [0.15, 0.2) is 11.1 Å². The number of nitrogens with one attached hydrogen (secondary N) is 1. The van der Waals surface area contributed by atoms with Gasteiger partial charge >= 0.3 is 0 Å². The van der Waals surface area contributed by atoms with Gasteiger partial charge < -0.3 is 14.8 Å². The maximum Gasteiger partial charge on any atom is 0.266 e. The van der Waals surface area contributed by atoms with Crippen LogP contribution in [0.25, 0.3) is 0 Å². The third-order valence-corrected chi connectivity index (χ3v) is 4.00. The Hall–Kier alpha value is -1.12. The number of nitrogens with zero attached hydrogens (tertiary/aromatic N) is 3. The number of likely N-dealkylation sites (N-methyl/N-ethyl adjacent to an activating group) is 1. The number of hydrogen-bond donors (Lipinski definition) is 1. The summed E-state index contributed by atoms with van der Waals surface area (Å²) in [5.74, 6) is 0.669. The van der Waals surface area contributed by atoms with Crippen molar-refractivity contribution in [3.63, 3.8) is 0 Å². The van der Waals surface area contributed by atoms with E-state index in [-0.39, 0.29) is 17.5 Å². The lowest BCUT2D eigenvalue weighted by Crippen LogP contribution is -2.43. The van der Waals surface area contributed by atoms with Crippen molar-refractivity contribution in [3.8, 4) is 0 Å². The van der Waals surface area contributed by atoms with Gasteiger partial charge in [-0.05, 0) is 35.4 Å². The highest BCUT2D eigenvalue weighted by Crippen LogP contribution is 2.26. The molecule has 2 heterocycles. The first-order valence-corrected chi connectivity index (χ1v) is 6.81. The molecule has 1 aliphatic rings. The van der Waals surface area contributed by atoms with Crippen LogP contribution in [0, 0.1) is 3.57 Å². The minimum absolute atomic E-state index is 0.0605. The van der Waals surface area contributed by atoms with Gasteiger partial charge in [-0.25, -0.2) is 4.98 Å². The zero-order valence-corrected chi connectivity index (χ0v) is 12.5. The quantitative estimate of drug-likeness (QED) is 0.775. The lowest BCUT2D eigenvalue weighted by molar-refractivity contribution is -0.129. The van der Waals surface area contributed by atoms with E-state index in [2.05, 4.69) is 9.97 Å². The fraction of sp³-hybridized carbons (Fsp3) is 0.545. The number of hydrogen-bond acceptors (Lipinski definition) is 4. The first-order valence-electron chi connectivity index (χ1n) is 5.73. The van der Waals surface area contributed by atoms with E-state index < -0.39 is 0 Å². The molecule has 1 fully saturated rings. The Morgan fingerprint density at radius 1 is 1.61 bits per heavy atom. The van der Waals surface area contributed by atoms with Gasteiger partial charge in [0, 0.05) is 20.6 Å². The van der Waals surface area contributed by atoms with E-state index in [1.807, 2.05) is 27.5 Å². The van der Waals surface area contributed by atoms with Crippen LogP contribution in [0.2, 0.25) is 0 Å². The molecule has 98 valence electrons. The van der Waals surface area contributed by atoms with Crippen LogP contribution in [0.3, 0.4) is 0 Å². The van der Waals surface area contributed by atoms with Crippen molar-refractivity contribution in [2.75, 3.05) is 25.5 Å². The Morgan fingerprint density at radius 3 is 3.00 bits per heavy atom. The Bertz CT molecular complexity index is 514. The summed E-state index contributed by atoms with van der Waals surface area (Å²) in [5, 5.41) is 0. The number of anilines is 1. The maximum absolute atomic E-state index is 12.1. The van der Waals surface area contributed by atoms with E-state index in [9.17, 15) is 9.59 Å². The smallest absolute Gasteiger partial charge is 0.266 e. The molecule has 6 nitrogen and oxygen atoms in total.